The normalized spacial score (nSPS) is 10.8. The molecule has 1 heterocycles. The Hall–Kier alpha value is -0.430. The van der Waals surface area contributed by atoms with Gasteiger partial charge in [-0.05, 0) is 50.7 Å². The van der Waals surface area contributed by atoms with Crippen molar-refractivity contribution in [3.63, 3.8) is 0 Å². The first kappa shape index (κ1) is 10.1. The quantitative estimate of drug-likeness (QED) is 0.713. The van der Waals surface area contributed by atoms with Gasteiger partial charge in [0.25, 0.3) is 0 Å². The number of aromatic nitrogens is 1. The summed E-state index contributed by atoms with van der Waals surface area (Å²) in [6.45, 7) is 0. The van der Waals surface area contributed by atoms with E-state index in [9.17, 15) is 9.18 Å². The summed E-state index contributed by atoms with van der Waals surface area (Å²) in [5, 5.41) is 0.103. The van der Waals surface area contributed by atoms with Gasteiger partial charge in [-0.3, -0.25) is 4.79 Å². The zero-order valence-corrected chi connectivity index (χ0v) is 10.5. The van der Waals surface area contributed by atoms with Crippen LogP contribution in [0.1, 0.15) is 0 Å². The first-order chi connectivity index (χ1) is 6.61. The fourth-order valence-corrected chi connectivity index (χ4v) is 2.11. The van der Waals surface area contributed by atoms with Crippen molar-refractivity contribution in [2.45, 2.75) is 0 Å². The molecule has 0 fully saturated rings. The van der Waals surface area contributed by atoms with Crippen LogP contribution in [0.15, 0.2) is 27.6 Å². The van der Waals surface area contributed by atoms with E-state index >= 15 is 0 Å². The molecule has 0 atom stereocenters. The molecule has 0 unspecified atom stereocenters. The lowest BCUT2D eigenvalue weighted by atomic mass is 10.2. The zero-order valence-electron chi connectivity index (χ0n) is 6.77. The van der Waals surface area contributed by atoms with Crippen molar-refractivity contribution >= 4 is 49.4 Å². The van der Waals surface area contributed by atoms with Crippen molar-refractivity contribution in [1.82, 2.24) is 4.98 Å². The lowest BCUT2D eigenvalue weighted by Crippen LogP contribution is -2.08. The fourth-order valence-electron chi connectivity index (χ4n) is 1.24. The average molecular weight is 368 g/mol. The van der Waals surface area contributed by atoms with Gasteiger partial charge in [-0.2, -0.15) is 0 Å². The van der Waals surface area contributed by atoms with E-state index in [1.54, 1.807) is 12.3 Å². The molecule has 0 aliphatic carbocycles. The minimum atomic E-state index is -0.497. The lowest BCUT2D eigenvalue weighted by molar-refractivity contribution is 0.638. The molecule has 14 heavy (non-hydrogen) atoms. The van der Waals surface area contributed by atoms with E-state index in [2.05, 4.69) is 20.9 Å². The van der Waals surface area contributed by atoms with Crippen LogP contribution in [0.2, 0.25) is 0 Å². The van der Waals surface area contributed by atoms with E-state index in [1.807, 2.05) is 22.6 Å². The monoisotopic (exact) mass is 367 g/mol. The van der Waals surface area contributed by atoms with Gasteiger partial charge in [-0.1, -0.05) is 0 Å². The highest BCUT2D eigenvalue weighted by atomic mass is 127. The van der Waals surface area contributed by atoms with Crippen LogP contribution in [0.4, 0.5) is 4.39 Å². The first-order valence-corrected chi connectivity index (χ1v) is 5.63. The molecule has 1 N–H and O–H groups in total. The third kappa shape index (κ3) is 1.48. The average Bonchev–Trinajstić information content (AvgIpc) is 2.16. The number of hydrogen-bond acceptors (Lipinski definition) is 1. The summed E-state index contributed by atoms with van der Waals surface area (Å²) >= 11 is 5.13. The number of H-pyrrole nitrogens is 1. The van der Waals surface area contributed by atoms with E-state index in [4.69, 9.17) is 0 Å². The number of fused-ring (bicyclic) bond motifs is 1. The molecule has 0 aliphatic heterocycles. The van der Waals surface area contributed by atoms with E-state index in [0.717, 1.165) is 0 Å². The number of hydrogen-bond donors (Lipinski definition) is 1. The summed E-state index contributed by atoms with van der Waals surface area (Å²) < 4.78 is 14.5. The molecular formula is C9H4BrFINO. The number of rotatable bonds is 0. The van der Waals surface area contributed by atoms with Crippen molar-refractivity contribution < 1.29 is 4.39 Å². The minimum absolute atomic E-state index is 0.103. The van der Waals surface area contributed by atoms with Crippen molar-refractivity contribution in [3.8, 4) is 0 Å². The Morgan fingerprint density at radius 2 is 2.14 bits per heavy atom. The summed E-state index contributed by atoms with van der Waals surface area (Å²) in [6.07, 6.45) is 1.56. The molecule has 2 nitrogen and oxygen atoms in total. The highest BCUT2D eigenvalue weighted by molar-refractivity contribution is 14.1. The Bertz CT molecular complexity index is 566. The van der Waals surface area contributed by atoms with Crippen LogP contribution in [0.5, 0.6) is 0 Å². The van der Waals surface area contributed by atoms with E-state index in [0.29, 0.717) is 13.6 Å². The van der Waals surface area contributed by atoms with Crippen molar-refractivity contribution in [2.24, 2.45) is 0 Å². The highest BCUT2D eigenvalue weighted by Gasteiger charge is 2.09. The number of halogens is 3. The van der Waals surface area contributed by atoms with Crippen LogP contribution >= 0.6 is 38.5 Å². The summed E-state index contributed by atoms with van der Waals surface area (Å²) in [4.78, 5) is 14.5. The number of nitrogens with one attached hydrogen (secondary N) is 1. The first-order valence-electron chi connectivity index (χ1n) is 3.76. The third-order valence-electron chi connectivity index (χ3n) is 1.89. The summed E-state index contributed by atoms with van der Waals surface area (Å²) in [7, 11) is 0. The van der Waals surface area contributed by atoms with Crippen LogP contribution in [0.3, 0.4) is 0 Å². The Labute approximate surface area is 101 Å². The number of aromatic amines is 1. The smallest absolute Gasteiger partial charge is 0.205 e. The van der Waals surface area contributed by atoms with Gasteiger partial charge in [0, 0.05) is 10.7 Å². The fraction of sp³-hybridized carbons (Fsp3) is 0. The van der Waals surface area contributed by atoms with Gasteiger partial charge in [0.2, 0.25) is 5.43 Å². The molecule has 72 valence electrons. The molecular weight excluding hydrogens is 364 g/mol. The van der Waals surface area contributed by atoms with E-state index in [-0.39, 0.29) is 10.8 Å². The Kier molecular flexibility index (Phi) is 2.61. The minimum Gasteiger partial charge on any atom is -0.359 e. The molecule has 1 aromatic carbocycles. The SMILES string of the molecule is O=c1c(I)c[nH]c2c(Br)ccc(F)c12. The predicted octanol–water partition coefficient (Wildman–Crippen LogP) is 3.03. The number of benzene rings is 1. The van der Waals surface area contributed by atoms with Gasteiger partial charge < -0.3 is 4.98 Å². The van der Waals surface area contributed by atoms with E-state index < -0.39 is 5.82 Å². The van der Waals surface area contributed by atoms with Gasteiger partial charge in [0.05, 0.1) is 14.5 Å². The van der Waals surface area contributed by atoms with E-state index in [1.165, 1.54) is 6.07 Å². The van der Waals surface area contributed by atoms with Gasteiger partial charge in [0.15, 0.2) is 0 Å². The maximum Gasteiger partial charge on any atom is 0.205 e. The molecule has 0 radical (unpaired) electrons. The molecule has 0 bridgehead atoms. The summed E-state index contributed by atoms with van der Waals surface area (Å²) in [6, 6.07) is 2.85. The molecule has 0 spiro atoms. The molecule has 0 amide bonds. The zero-order chi connectivity index (χ0) is 10.3. The molecule has 0 saturated carbocycles. The molecule has 0 aliphatic rings. The van der Waals surface area contributed by atoms with Crippen LogP contribution in [0.25, 0.3) is 10.9 Å². The van der Waals surface area contributed by atoms with Crippen LogP contribution < -0.4 is 5.43 Å². The molecule has 0 saturated heterocycles. The maximum absolute atomic E-state index is 13.4. The van der Waals surface area contributed by atoms with Crippen molar-refractivity contribution in [3.05, 3.63) is 42.4 Å². The third-order valence-corrected chi connectivity index (χ3v) is 3.35. The maximum atomic E-state index is 13.4. The highest BCUT2D eigenvalue weighted by Crippen LogP contribution is 2.22. The van der Waals surface area contributed by atoms with Crippen LogP contribution in [-0.4, -0.2) is 4.98 Å². The lowest BCUT2D eigenvalue weighted by Gasteiger charge is -2.01. The standard InChI is InChI=1S/C9H4BrFINO/c10-4-1-2-5(11)7-8(4)13-3-6(12)9(7)14/h1-3H,(H,13,14). The van der Waals surface area contributed by atoms with Crippen molar-refractivity contribution in [2.75, 3.05) is 0 Å². The van der Waals surface area contributed by atoms with Gasteiger partial charge in [0.1, 0.15) is 5.82 Å². The molecule has 2 rings (SSSR count). The molecule has 2 aromatic rings. The van der Waals surface area contributed by atoms with Gasteiger partial charge in [-0.15, -0.1) is 0 Å². The second-order valence-corrected chi connectivity index (χ2v) is 4.76. The Morgan fingerprint density at radius 3 is 2.86 bits per heavy atom. The Balaban J connectivity index is 3.09. The van der Waals surface area contributed by atoms with Crippen LogP contribution in [-0.2, 0) is 0 Å². The largest absolute Gasteiger partial charge is 0.359 e. The molecule has 1 aromatic heterocycles. The second kappa shape index (κ2) is 3.62. The van der Waals surface area contributed by atoms with Crippen LogP contribution in [0, 0.1) is 9.39 Å². The van der Waals surface area contributed by atoms with Gasteiger partial charge in [-0.25, -0.2) is 4.39 Å². The Morgan fingerprint density at radius 1 is 1.43 bits per heavy atom. The predicted molar refractivity (Wildman–Crippen MR) is 64.9 cm³/mol. The summed E-state index contributed by atoms with van der Waals surface area (Å²) in [5.41, 5.74) is 0.216. The second-order valence-electron chi connectivity index (χ2n) is 2.74. The number of pyridine rings is 1. The van der Waals surface area contributed by atoms with Crippen molar-refractivity contribution in [1.29, 1.82) is 0 Å². The summed E-state index contributed by atoms with van der Waals surface area (Å²) in [5.74, 6) is -0.497. The van der Waals surface area contributed by atoms with Gasteiger partial charge >= 0.3 is 0 Å². The molecule has 5 heteroatoms. The topological polar surface area (TPSA) is 32.9 Å².